The summed E-state index contributed by atoms with van der Waals surface area (Å²) in [6, 6.07) is 17.9. The van der Waals surface area contributed by atoms with Crippen LogP contribution in [0.15, 0.2) is 71.8 Å². The zero-order chi connectivity index (χ0) is 38.0. The van der Waals surface area contributed by atoms with Crippen molar-refractivity contribution in [2.45, 2.75) is 116 Å². The third-order valence-electron chi connectivity index (χ3n) is 12.3. The minimum Gasteiger partial charge on any atom is -0.455 e. The summed E-state index contributed by atoms with van der Waals surface area (Å²) in [4.78, 5) is 56.3. The van der Waals surface area contributed by atoms with Gasteiger partial charge in [-0.2, -0.15) is 0 Å². The molecule has 2 saturated carbocycles. The standard InChI is InChI=1S/C40H50O11Si/c1-9-30(43)48-32-31-23(2)27(42)21-40(46,37(31,4)5)35(49-36(45)25-16-12-10-13-17-25)33-38(6,34(32)44)28(20-29-39(33,22-47-29)50-24(3)41)51-52(7,8)26-18-14-11-15-19-26/h10-19,27-29,32-33,35,42,46H,9,20-22H2,1-8H3/t27-,28-,29+,32?,33?,35-,38+,39-,40+/m0/s1. The number of hydrogen-bond donors (Lipinski definition) is 2. The number of Topliss-reactive ketones (excluding diaryl/α,β-unsaturated/α-hetero) is 1. The molecule has 3 aliphatic carbocycles. The minimum atomic E-state index is -2.85. The Morgan fingerprint density at radius 2 is 1.60 bits per heavy atom. The molecule has 6 rings (SSSR count). The van der Waals surface area contributed by atoms with Crippen LogP contribution in [0.1, 0.15) is 71.2 Å². The van der Waals surface area contributed by atoms with Gasteiger partial charge in [0.25, 0.3) is 0 Å². The molecule has 3 fully saturated rings. The zero-order valence-corrected chi connectivity index (χ0v) is 32.1. The molecular weight excluding hydrogens is 685 g/mol. The number of benzene rings is 2. The largest absolute Gasteiger partial charge is 0.455 e. The Bertz CT molecular complexity index is 1770. The molecule has 2 aromatic rings. The first-order chi connectivity index (χ1) is 24.3. The molecule has 1 saturated heterocycles. The van der Waals surface area contributed by atoms with Crippen LogP contribution < -0.4 is 5.19 Å². The lowest BCUT2D eigenvalue weighted by Crippen LogP contribution is -2.82. The topological polar surface area (TPSA) is 155 Å². The molecule has 0 radical (unpaired) electrons. The average molecular weight is 735 g/mol. The van der Waals surface area contributed by atoms with E-state index in [0.29, 0.717) is 5.57 Å². The maximum Gasteiger partial charge on any atom is 0.338 e. The molecule has 2 unspecified atom stereocenters. The first kappa shape index (κ1) is 38.1. The SMILES string of the molecule is CCC(=O)OC1C(=O)[C@@]2(C)C([C@H](OC(=O)c3ccccc3)[C@]3(O)C[C@H](O)C(C)=C1C3(C)C)[C@]1(OC(C)=O)CO[C@@H]1C[C@@H]2O[Si](C)(C)c1ccccc1. The molecule has 12 heteroatoms. The van der Waals surface area contributed by atoms with Gasteiger partial charge in [0.1, 0.15) is 17.8 Å². The first-order valence-electron chi connectivity index (χ1n) is 18.0. The van der Waals surface area contributed by atoms with E-state index in [9.17, 15) is 24.6 Å². The van der Waals surface area contributed by atoms with Crippen molar-refractivity contribution in [2.75, 3.05) is 6.61 Å². The van der Waals surface area contributed by atoms with Gasteiger partial charge in [0.05, 0.1) is 35.7 Å². The van der Waals surface area contributed by atoms with Gasteiger partial charge in [0, 0.05) is 31.6 Å². The molecular formula is C40H50O11Si. The van der Waals surface area contributed by atoms with Crippen LogP contribution >= 0.6 is 0 Å². The summed E-state index contributed by atoms with van der Waals surface area (Å²) in [5, 5.41) is 26.0. The van der Waals surface area contributed by atoms with Crippen molar-refractivity contribution in [2.24, 2.45) is 16.7 Å². The van der Waals surface area contributed by atoms with Gasteiger partial charge < -0.3 is 33.6 Å². The molecule has 0 aromatic heterocycles. The number of esters is 3. The maximum absolute atomic E-state index is 15.8. The number of ketones is 1. The molecule has 0 spiro atoms. The highest BCUT2D eigenvalue weighted by Crippen LogP contribution is 2.65. The van der Waals surface area contributed by atoms with E-state index in [2.05, 4.69) is 0 Å². The Morgan fingerprint density at radius 1 is 0.981 bits per heavy atom. The summed E-state index contributed by atoms with van der Waals surface area (Å²) in [5.41, 5.74) is -6.03. The summed E-state index contributed by atoms with van der Waals surface area (Å²) in [5.74, 6) is -3.95. The van der Waals surface area contributed by atoms with E-state index in [-0.39, 0.29) is 37.0 Å². The molecule has 0 amide bonds. The molecule has 52 heavy (non-hydrogen) atoms. The molecule has 9 atom stereocenters. The second-order valence-electron chi connectivity index (χ2n) is 16.0. The first-order valence-corrected chi connectivity index (χ1v) is 20.9. The van der Waals surface area contributed by atoms with E-state index in [4.69, 9.17) is 23.4 Å². The normalized spacial score (nSPS) is 35.2. The number of carbonyl (C=O) groups is 4. The van der Waals surface area contributed by atoms with E-state index >= 15 is 4.79 Å². The fourth-order valence-corrected chi connectivity index (χ4v) is 11.6. The number of aliphatic hydroxyl groups is 2. The molecule has 280 valence electrons. The van der Waals surface area contributed by atoms with E-state index < -0.39 is 90.5 Å². The predicted molar refractivity (Wildman–Crippen MR) is 192 cm³/mol. The summed E-state index contributed by atoms with van der Waals surface area (Å²) in [6.07, 6.45) is -6.39. The Kier molecular flexibility index (Phi) is 9.74. The minimum absolute atomic E-state index is 0.0397. The Balaban J connectivity index is 1.67. The fraction of sp³-hybridized carbons (Fsp3) is 0.550. The summed E-state index contributed by atoms with van der Waals surface area (Å²) in [6.45, 7) is 13.5. The van der Waals surface area contributed by atoms with Gasteiger partial charge >= 0.3 is 17.9 Å². The van der Waals surface area contributed by atoms with Crippen LogP contribution in [0, 0.1) is 16.7 Å². The number of rotatable bonds is 8. The lowest BCUT2D eigenvalue weighted by molar-refractivity contribution is -0.344. The van der Waals surface area contributed by atoms with Crippen molar-refractivity contribution in [1.82, 2.24) is 0 Å². The van der Waals surface area contributed by atoms with Gasteiger partial charge in [0.15, 0.2) is 17.5 Å². The predicted octanol–water partition coefficient (Wildman–Crippen LogP) is 4.18. The average Bonchev–Trinajstić information content (AvgIpc) is 3.09. The number of ether oxygens (including phenoxy) is 4. The molecule has 1 aliphatic heterocycles. The van der Waals surface area contributed by atoms with E-state index in [1.54, 1.807) is 65.0 Å². The molecule has 4 aliphatic rings. The van der Waals surface area contributed by atoms with Gasteiger partial charge in [-0.3, -0.25) is 14.4 Å². The smallest absolute Gasteiger partial charge is 0.338 e. The quantitative estimate of drug-likeness (QED) is 0.174. The van der Waals surface area contributed by atoms with Crippen LogP contribution in [0.3, 0.4) is 0 Å². The van der Waals surface area contributed by atoms with Crippen molar-refractivity contribution in [3.05, 3.63) is 77.4 Å². The van der Waals surface area contributed by atoms with Gasteiger partial charge in [-0.15, -0.1) is 0 Å². The van der Waals surface area contributed by atoms with Crippen LogP contribution in [0.4, 0.5) is 0 Å². The number of carbonyl (C=O) groups excluding carboxylic acids is 4. The Labute approximate surface area is 305 Å². The Morgan fingerprint density at radius 3 is 2.15 bits per heavy atom. The highest BCUT2D eigenvalue weighted by Gasteiger charge is 2.78. The zero-order valence-electron chi connectivity index (χ0n) is 31.1. The van der Waals surface area contributed by atoms with Crippen LogP contribution in [-0.2, 0) is 37.8 Å². The van der Waals surface area contributed by atoms with Crippen LogP contribution in [-0.4, -0.2) is 90.6 Å². The van der Waals surface area contributed by atoms with Gasteiger partial charge in [0.2, 0.25) is 8.32 Å². The number of hydrogen-bond acceptors (Lipinski definition) is 11. The molecule has 2 N–H and O–H groups in total. The molecule has 2 aromatic carbocycles. The molecule has 11 nitrogen and oxygen atoms in total. The van der Waals surface area contributed by atoms with Crippen LogP contribution in [0.25, 0.3) is 0 Å². The van der Waals surface area contributed by atoms with Gasteiger partial charge in [-0.1, -0.05) is 69.3 Å². The number of aliphatic hydroxyl groups excluding tert-OH is 1. The van der Waals surface area contributed by atoms with E-state index in [1.165, 1.54) is 6.92 Å². The molecule has 2 bridgehead atoms. The second-order valence-corrected chi connectivity index (χ2v) is 19.8. The number of fused-ring (bicyclic) bond motifs is 5. The lowest BCUT2D eigenvalue weighted by atomic mass is 9.44. The van der Waals surface area contributed by atoms with E-state index in [1.807, 2.05) is 43.4 Å². The summed E-state index contributed by atoms with van der Waals surface area (Å²) < 4.78 is 32.1. The van der Waals surface area contributed by atoms with Crippen molar-refractivity contribution in [3.63, 3.8) is 0 Å². The van der Waals surface area contributed by atoms with Gasteiger partial charge in [-0.05, 0) is 55.4 Å². The lowest BCUT2D eigenvalue weighted by Gasteiger charge is -2.68. The highest BCUT2D eigenvalue weighted by atomic mass is 28.4. The Hall–Kier alpha value is -3.68. The summed E-state index contributed by atoms with van der Waals surface area (Å²) in [7, 11) is -2.85. The highest BCUT2D eigenvalue weighted by molar-refractivity contribution is 6.84. The fourth-order valence-electron chi connectivity index (χ4n) is 9.37. The van der Waals surface area contributed by atoms with Crippen molar-refractivity contribution >= 4 is 37.2 Å². The third kappa shape index (κ3) is 5.78. The summed E-state index contributed by atoms with van der Waals surface area (Å²) >= 11 is 0. The monoisotopic (exact) mass is 734 g/mol. The van der Waals surface area contributed by atoms with Crippen molar-refractivity contribution in [1.29, 1.82) is 0 Å². The van der Waals surface area contributed by atoms with E-state index in [0.717, 1.165) is 5.19 Å². The van der Waals surface area contributed by atoms with Crippen molar-refractivity contribution in [3.8, 4) is 0 Å². The van der Waals surface area contributed by atoms with Crippen molar-refractivity contribution < 1.29 is 52.8 Å². The van der Waals surface area contributed by atoms with Crippen LogP contribution in [0.5, 0.6) is 0 Å². The maximum atomic E-state index is 15.8. The van der Waals surface area contributed by atoms with Crippen LogP contribution in [0.2, 0.25) is 13.1 Å². The van der Waals surface area contributed by atoms with Gasteiger partial charge in [-0.25, -0.2) is 4.79 Å². The second kappa shape index (κ2) is 13.3. The third-order valence-corrected chi connectivity index (χ3v) is 14.9. The molecule has 1 heterocycles.